The number of anilines is 2. The van der Waals surface area contributed by atoms with Crippen molar-refractivity contribution in [1.82, 2.24) is 0 Å². The van der Waals surface area contributed by atoms with E-state index in [-0.39, 0.29) is 17.5 Å². The lowest BCUT2D eigenvalue weighted by Crippen LogP contribution is -2.26. The molecule has 3 aromatic rings. The maximum atomic E-state index is 14.0. The largest absolute Gasteiger partial charge is 0.372 e. The van der Waals surface area contributed by atoms with Gasteiger partial charge in [-0.05, 0) is 59.9 Å². The van der Waals surface area contributed by atoms with E-state index in [1.54, 1.807) is 6.07 Å². The van der Waals surface area contributed by atoms with Crippen LogP contribution in [0.5, 0.6) is 0 Å². The number of carbonyl (C=O) groups is 1. The number of Topliss-reactive ketones (excluding diaryl/α,β-unsaturated/α-hetero) is 1. The number of hydrogen-bond acceptors (Lipinski definition) is 3. The lowest BCUT2D eigenvalue weighted by molar-refractivity contribution is -0.116. The van der Waals surface area contributed by atoms with Gasteiger partial charge in [0.15, 0.2) is 5.78 Å². The molecule has 0 radical (unpaired) electrons. The summed E-state index contributed by atoms with van der Waals surface area (Å²) in [7, 11) is 0. The topological polar surface area (TPSA) is 41.1 Å². The van der Waals surface area contributed by atoms with Gasteiger partial charge in [-0.3, -0.25) is 4.79 Å². The predicted octanol–water partition coefficient (Wildman–Crippen LogP) is 6.46. The molecule has 1 aliphatic heterocycles. The summed E-state index contributed by atoms with van der Waals surface area (Å²) >= 11 is 6.04. The zero-order valence-corrected chi connectivity index (χ0v) is 16.9. The van der Waals surface area contributed by atoms with Crippen LogP contribution in [0.25, 0.3) is 0 Å². The van der Waals surface area contributed by atoms with Crippen LogP contribution in [-0.2, 0) is 4.79 Å². The summed E-state index contributed by atoms with van der Waals surface area (Å²) in [5.74, 6) is -0.179. The number of rotatable bonds is 2. The van der Waals surface area contributed by atoms with Gasteiger partial charge in [0, 0.05) is 22.7 Å². The van der Waals surface area contributed by atoms with Crippen molar-refractivity contribution >= 4 is 28.8 Å². The quantitative estimate of drug-likeness (QED) is 0.501. The zero-order valence-electron chi connectivity index (χ0n) is 16.2. The minimum atomic E-state index is -0.412. The Labute approximate surface area is 179 Å². The first-order valence-corrected chi connectivity index (χ1v) is 10.4. The number of allylic oxidation sites excluding steroid dienone is 1. The molecule has 2 aliphatic rings. The van der Waals surface area contributed by atoms with Crippen molar-refractivity contribution in [3.8, 4) is 0 Å². The monoisotopic (exact) mass is 418 g/mol. The summed E-state index contributed by atoms with van der Waals surface area (Å²) in [4.78, 5) is 13.4. The van der Waals surface area contributed by atoms with Gasteiger partial charge in [-0.2, -0.15) is 0 Å². The van der Waals surface area contributed by atoms with E-state index in [1.165, 1.54) is 12.1 Å². The van der Waals surface area contributed by atoms with Crippen LogP contribution in [0.2, 0.25) is 5.02 Å². The zero-order chi connectivity index (χ0) is 20.7. The van der Waals surface area contributed by atoms with E-state index in [1.807, 2.05) is 54.6 Å². The molecule has 0 aromatic heterocycles. The first kappa shape index (κ1) is 18.9. The van der Waals surface area contributed by atoms with Gasteiger partial charge >= 0.3 is 0 Å². The van der Waals surface area contributed by atoms with Crippen LogP contribution < -0.4 is 10.6 Å². The molecule has 3 nitrogen and oxygen atoms in total. The number of benzene rings is 3. The Hall–Kier alpha value is -3.11. The third-order valence-corrected chi connectivity index (χ3v) is 6.08. The highest BCUT2D eigenvalue weighted by Crippen LogP contribution is 2.44. The van der Waals surface area contributed by atoms with E-state index in [9.17, 15) is 9.18 Å². The highest BCUT2D eigenvalue weighted by Gasteiger charge is 2.36. The minimum Gasteiger partial charge on any atom is -0.372 e. The van der Waals surface area contributed by atoms with Crippen molar-refractivity contribution in [3.63, 3.8) is 0 Å². The molecule has 0 saturated carbocycles. The maximum Gasteiger partial charge on any atom is 0.163 e. The minimum absolute atomic E-state index is 0.0678. The fraction of sp³-hybridized carbons (Fsp3) is 0.160. The van der Waals surface area contributed by atoms with Crippen LogP contribution in [0, 0.1) is 5.82 Å². The van der Waals surface area contributed by atoms with Crippen LogP contribution in [-0.4, -0.2) is 5.78 Å². The van der Waals surface area contributed by atoms with Gasteiger partial charge in [-0.15, -0.1) is 0 Å². The number of nitrogens with one attached hydrogen (secondary N) is 2. The maximum absolute atomic E-state index is 14.0. The fourth-order valence-corrected chi connectivity index (χ4v) is 4.53. The highest BCUT2D eigenvalue weighted by atomic mass is 35.5. The molecular weight excluding hydrogens is 399 g/mol. The summed E-state index contributed by atoms with van der Waals surface area (Å²) < 4.78 is 14.0. The molecule has 0 bridgehead atoms. The first-order chi connectivity index (χ1) is 14.6. The number of hydrogen-bond donors (Lipinski definition) is 2. The van der Waals surface area contributed by atoms with Crippen LogP contribution >= 0.6 is 11.6 Å². The number of halogens is 2. The molecule has 0 spiro atoms. The van der Waals surface area contributed by atoms with Crippen LogP contribution in [0.4, 0.5) is 15.8 Å². The lowest BCUT2D eigenvalue weighted by Gasteiger charge is -2.30. The molecule has 0 unspecified atom stereocenters. The van der Waals surface area contributed by atoms with Gasteiger partial charge in [0.1, 0.15) is 5.82 Å². The molecule has 0 saturated heterocycles. The first-order valence-electron chi connectivity index (χ1n) is 9.98. The molecule has 1 heterocycles. The van der Waals surface area contributed by atoms with E-state index in [4.69, 9.17) is 11.6 Å². The molecule has 150 valence electrons. The highest BCUT2D eigenvalue weighted by molar-refractivity contribution is 6.30. The molecule has 0 amide bonds. The Bertz CT molecular complexity index is 1160. The smallest absolute Gasteiger partial charge is 0.163 e. The second-order valence-corrected chi connectivity index (χ2v) is 8.21. The standard InChI is InChI=1S/C25H20ClFN2O/c26-18-10-8-15(9-11-18)17-13-22-24(23(30)14-17)25(16-4-3-5-19(27)12-16)29-21-7-2-1-6-20(21)28-22/h1-12,17,25,28-29H,13-14H2/t17-,25+/m1/s1. The van der Waals surface area contributed by atoms with Crippen molar-refractivity contribution in [1.29, 1.82) is 0 Å². The van der Waals surface area contributed by atoms with Crippen LogP contribution in [0.1, 0.15) is 35.9 Å². The Morgan fingerprint density at radius 2 is 1.63 bits per heavy atom. The van der Waals surface area contributed by atoms with E-state index >= 15 is 0 Å². The Balaban J connectivity index is 1.61. The number of ketones is 1. The van der Waals surface area contributed by atoms with Crippen LogP contribution in [0.15, 0.2) is 84.1 Å². The number of carbonyl (C=O) groups excluding carboxylic acids is 1. The molecule has 5 heteroatoms. The van der Waals surface area contributed by atoms with Gasteiger partial charge in [0.2, 0.25) is 0 Å². The summed E-state index contributed by atoms with van der Waals surface area (Å²) in [6.07, 6.45) is 1.11. The Kier molecular flexibility index (Phi) is 4.80. The van der Waals surface area contributed by atoms with E-state index in [0.717, 1.165) is 28.2 Å². The molecule has 2 atom stereocenters. The van der Waals surface area contributed by atoms with Crippen molar-refractivity contribution in [3.05, 3.63) is 106 Å². The molecule has 1 aliphatic carbocycles. The number of fused-ring (bicyclic) bond motifs is 1. The summed E-state index contributed by atoms with van der Waals surface area (Å²) in [5, 5.41) is 7.64. The summed E-state index contributed by atoms with van der Waals surface area (Å²) in [6.45, 7) is 0. The molecule has 5 rings (SSSR count). The second-order valence-electron chi connectivity index (χ2n) is 7.78. The molecule has 2 N–H and O–H groups in total. The Morgan fingerprint density at radius 1 is 0.867 bits per heavy atom. The van der Waals surface area contributed by atoms with Crippen molar-refractivity contribution in [2.24, 2.45) is 0 Å². The van der Waals surface area contributed by atoms with Crippen molar-refractivity contribution in [2.75, 3.05) is 10.6 Å². The summed E-state index contributed by atoms with van der Waals surface area (Å²) in [5.41, 5.74) is 5.19. The molecular formula is C25H20ClFN2O. The third kappa shape index (κ3) is 3.48. The molecule has 30 heavy (non-hydrogen) atoms. The van der Waals surface area contributed by atoms with E-state index in [2.05, 4.69) is 10.6 Å². The average Bonchev–Trinajstić information content (AvgIpc) is 2.91. The fourth-order valence-electron chi connectivity index (χ4n) is 4.40. The van der Waals surface area contributed by atoms with Gasteiger partial charge in [-0.1, -0.05) is 48.0 Å². The average molecular weight is 419 g/mol. The van der Waals surface area contributed by atoms with Crippen molar-refractivity contribution in [2.45, 2.75) is 24.8 Å². The predicted molar refractivity (Wildman–Crippen MR) is 118 cm³/mol. The van der Waals surface area contributed by atoms with Gasteiger partial charge in [-0.25, -0.2) is 4.39 Å². The van der Waals surface area contributed by atoms with E-state index < -0.39 is 6.04 Å². The third-order valence-electron chi connectivity index (χ3n) is 5.83. The molecule has 0 fully saturated rings. The van der Waals surface area contributed by atoms with E-state index in [0.29, 0.717) is 23.4 Å². The van der Waals surface area contributed by atoms with Crippen molar-refractivity contribution < 1.29 is 9.18 Å². The van der Waals surface area contributed by atoms with Gasteiger partial charge in [0.25, 0.3) is 0 Å². The lowest BCUT2D eigenvalue weighted by atomic mass is 9.78. The van der Waals surface area contributed by atoms with Gasteiger partial charge < -0.3 is 10.6 Å². The normalized spacial score (nSPS) is 20.5. The molecule has 3 aromatic carbocycles. The summed E-state index contributed by atoms with van der Waals surface area (Å²) in [6, 6.07) is 21.6. The number of para-hydroxylation sites is 2. The Morgan fingerprint density at radius 3 is 2.40 bits per heavy atom. The SMILES string of the molecule is O=C1C[C@H](c2ccc(Cl)cc2)CC2=C1[C@H](c1cccc(F)c1)Nc1ccccc1N2. The van der Waals surface area contributed by atoms with Crippen LogP contribution in [0.3, 0.4) is 0 Å². The van der Waals surface area contributed by atoms with Gasteiger partial charge in [0.05, 0.1) is 17.4 Å². The second kappa shape index (κ2) is 7.62.